The summed E-state index contributed by atoms with van der Waals surface area (Å²) in [6.07, 6.45) is 6.14. The lowest BCUT2D eigenvalue weighted by molar-refractivity contribution is 0.306. The molecule has 1 heterocycles. The maximum Gasteiger partial charge on any atom is 0.133 e. The van der Waals surface area contributed by atoms with Crippen LogP contribution in [0.3, 0.4) is 0 Å². The lowest BCUT2D eigenvalue weighted by atomic mass is 10.1. The van der Waals surface area contributed by atoms with E-state index in [2.05, 4.69) is 60.0 Å². The predicted molar refractivity (Wildman–Crippen MR) is 147 cm³/mol. The Morgan fingerprint density at radius 1 is 0.857 bits per heavy atom. The average Bonchev–Trinajstić information content (AvgIpc) is 3.29. The normalized spacial score (nSPS) is 11.4. The second-order valence-electron chi connectivity index (χ2n) is 8.27. The first-order chi connectivity index (χ1) is 17.1. The number of fused-ring (bicyclic) bond motifs is 1. The van der Waals surface area contributed by atoms with Gasteiger partial charge in [0.05, 0.1) is 10.7 Å². The summed E-state index contributed by atoms with van der Waals surface area (Å²) in [5.41, 5.74) is 3.95. The highest BCUT2D eigenvalue weighted by atomic mass is 35.5. The molecular weight excluding hydrogens is 475 g/mol. The Hall–Kier alpha value is -3.53. The van der Waals surface area contributed by atoms with Gasteiger partial charge in [-0.2, -0.15) is 0 Å². The molecule has 0 aliphatic carbocycles. The molecule has 0 spiro atoms. The van der Waals surface area contributed by atoms with Gasteiger partial charge < -0.3 is 9.30 Å². The number of aromatic nitrogens is 2. The highest BCUT2D eigenvalue weighted by molar-refractivity contribution is 6.36. The van der Waals surface area contributed by atoms with E-state index in [0.29, 0.717) is 16.7 Å². The minimum absolute atomic E-state index is 0.556. The Labute approximate surface area is 215 Å². The second kappa shape index (κ2) is 10.4. The summed E-state index contributed by atoms with van der Waals surface area (Å²) in [4.78, 5) is 4.81. The van der Waals surface area contributed by atoms with Gasteiger partial charge in [-0.1, -0.05) is 77.8 Å². The summed E-state index contributed by atoms with van der Waals surface area (Å²) in [7, 11) is 0. The molecule has 174 valence electrons. The third-order valence-corrected chi connectivity index (χ3v) is 6.41. The van der Waals surface area contributed by atoms with E-state index >= 15 is 0 Å². The fraction of sp³-hybridized carbons (Fsp3) is 0.100. The number of ether oxygens (including phenoxy) is 1. The quantitative estimate of drug-likeness (QED) is 0.224. The number of hydrogen-bond donors (Lipinski definition) is 0. The van der Waals surface area contributed by atoms with E-state index in [-0.39, 0.29) is 0 Å². The van der Waals surface area contributed by atoms with E-state index in [9.17, 15) is 0 Å². The maximum atomic E-state index is 6.40. The number of nitrogens with zero attached hydrogens (tertiary/aromatic N) is 2. The summed E-state index contributed by atoms with van der Waals surface area (Å²) < 4.78 is 8.08. The van der Waals surface area contributed by atoms with Gasteiger partial charge in [0.1, 0.15) is 18.2 Å². The molecule has 0 aliphatic rings. The molecule has 0 amide bonds. The van der Waals surface area contributed by atoms with Crippen molar-refractivity contribution in [3.8, 4) is 17.0 Å². The highest BCUT2D eigenvalue weighted by Crippen LogP contribution is 2.30. The Morgan fingerprint density at radius 3 is 2.46 bits per heavy atom. The third-order valence-electron chi connectivity index (χ3n) is 5.86. The molecule has 5 aromatic rings. The van der Waals surface area contributed by atoms with E-state index in [4.69, 9.17) is 32.9 Å². The molecule has 3 nitrogen and oxygen atoms in total. The molecule has 0 atom stereocenters. The zero-order chi connectivity index (χ0) is 24.2. The average molecular weight is 499 g/mol. The largest absolute Gasteiger partial charge is 0.489 e. The molecule has 0 fully saturated rings. The van der Waals surface area contributed by atoms with E-state index in [1.165, 1.54) is 0 Å². The first kappa shape index (κ1) is 23.2. The SMILES string of the molecule is CCn1cc(-c2ccc(Cl)cc2Cl)nc1C=Cc1ccc2cc(OCc3ccccc3)ccc2c1. The van der Waals surface area contributed by atoms with Crippen LogP contribution < -0.4 is 4.74 Å². The van der Waals surface area contributed by atoms with Crippen molar-refractivity contribution in [1.29, 1.82) is 0 Å². The lowest BCUT2D eigenvalue weighted by Gasteiger charge is -2.08. The number of benzene rings is 4. The Balaban J connectivity index is 1.35. The van der Waals surface area contributed by atoms with E-state index in [1.54, 1.807) is 6.07 Å². The first-order valence-corrected chi connectivity index (χ1v) is 12.3. The van der Waals surface area contributed by atoms with Crippen LogP contribution in [0.5, 0.6) is 5.75 Å². The number of aryl methyl sites for hydroxylation is 1. The van der Waals surface area contributed by atoms with Crippen LogP contribution in [-0.4, -0.2) is 9.55 Å². The lowest BCUT2D eigenvalue weighted by Crippen LogP contribution is -1.95. The zero-order valence-electron chi connectivity index (χ0n) is 19.3. The van der Waals surface area contributed by atoms with E-state index in [0.717, 1.165) is 51.3 Å². The fourth-order valence-corrected chi connectivity index (χ4v) is 4.50. The molecule has 0 saturated heterocycles. The van der Waals surface area contributed by atoms with Crippen molar-refractivity contribution in [1.82, 2.24) is 9.55 Å². The minimum atomic E-state index is 0.556. The van der Waals surface area contributed by atoms with Gasteiger partial charge in [-0.05, 0) is 71.3 Å². The summed E-state index contributed by atoms with van der Waals surface area (Å²) in [5, 5.41) is 3.50. The Bertz CT molecular complexity index is 1510. The van der Waals surface area contributed by atoms with Crippen LogP contribution in [0, 0.1) is 0 Å². The van der Waals surface area contributed by atoms with Gasteiger partial charge >= 0.3 is 0 Å². The summed E-state index contributed by atoms with van der Waals surface area (Å²) in [6.45, 7) is 3.46. The van der Waals surface area contributed by atoms with Gasteiger partial charge in [0, 0.05) is 23.3 Å². The predicted octanol–water partition coefficient (Wildman–Crippen LogP) is 8.78. The number of rotatable bonds is 7. The van der Waals surface area contributed by atoms with Gasteiger partial charge in [0.2, 0.25) is 0 Å². The summed E-state index contributed by atoms with van der Waals surface area (Å²) >= 11 is 12.4. The number of imidazole rings is 1. The van der Waals surface area contributed by atoms with Crippen molar-refractivity contribution in [3.05, 3.63) is 118 Å². The molecular formula is C30H24Cl2N2O. The summed E-state index contributed by atoms with van der Waals surface area (Å²) in [6, 6.07) is 28.3. The molecule has 1 aromatic heterocycles. The van der Waals surface area contributed by atoms with Crippen LogP contribution in [-0.2, 0) is 13.2 Å². The van der Waals surface area contributed by atoms with Crippen LogP contribution >= 0.6 is 23.2 Å². The van der Waals surface area contributed by atoms with E-state index < -0.39 is 0 Å². The molecule has 0 bridgehead atoms. The van der Waals surface area contributed by atoms with Gasteiger partial charge in [0.15, 0.2) is 0 Å². The first-order valence-electron chi connectivity index (χ1n) is 11.5. The zero-order valence-corrected chi connectivity index (χ0v) is 20.8. The van der Waals surface area contributed by atoms with Crippen LogP contribution in [0.2, 0.25) is 10.0 Å². The topological polar surface area (TPSA) is 27.1 Å². The van der Waals surface area contributed by atoms with Crippen molar-refractivity contribution in [2.45, 2.75) is 20.1 Å². The Kier molecular flexibility index (Phi) is 6.89. The Morgan fingerprint density at radius 2 is 1.66 bits per heavy atom. The second-order valence-corrected chi connectivity index (χ2v) is 9.11. The smallest absolute Gasteiger partial charge is 0.133 e. The van der Waals surface area contributed by atoms with Crippen molar-refractivity contribution in [2.24, 2.45) is 0 Å². The standard InChI is InChI=1S/C30H24Cl2N2O/c1-2-34-19-29(27-14-12-25(31)18-28(27)32)33-30(34)15-9-21-8-10-24-17-26(13-11-23(24)16-21)35-20-22-6-4-3-5-7-22/h3-19H,2,20H2,1H3. The van der Waals surface area contributed by atoms with Crippen molar-refractivity contribution in [3.63, 3.8) is 0 Å². The third kappa shape index (κ3) is 5.43. The molecule has 0 aliphatic heterocycles. The molecule has 4 aromatic carbocycles. The summed E-state index contributed by atoms with van der Waals surface area (Å²) in [5.74, 6) is 1.74. The molecule has 0 saturated carbocycles. The highest BCUT2D eigenvalue weighted by Gasteiger charge is 2.10. The number of hydrogen-bond acceptors (Lipinski definition) is 2. The fourth-order valence-electron chi connectivity index (χ4n) is 3.99. The maximum absolute atomic E-state index is 6.40. The minimum Gasteiger partial charge on any atom is -0.489 e. The molecule has 5 heteroatoms. The van der Waals surface area contributed by atoms with Crippen molar-refractivity contribution < 1.29 is 4.74 Å². The van der Waals surface area contributed by atoms with Gasteiger partial charge in [0.25, 0.3) is 0 Å². The van der Waals surface area contributed by atoms with Gasteiger partial charge in [-0.3, -0.25) is 0 Å². The van der Waals surface area contributed by atoms with Crippen LogP contribution in [0.1, 0.15) is 23.9 Å². The molecule has 5 rings (SSSR count). The van der Waals surface area contributed by atoms with Crippen molar-refractivity contribution >= 4 is 46.1 Å². The van der Waals surface area contributed by atoms with Crippen LogP contribution in [0.15, 0.2) is 91.1 Å². The number of halogens is 2. The molecule has 0 N–H and O–H groups in total. The molecule has 0 radical (unpaired) electrons. The van der Waals surface area contributed by atoms with Crippen LogP contribution in [0.25, 0.3) is 34.2 Å². The van der Waals surface area contributed by atoms with Crippen LogP contribution in [0.4, 0.5) is 0 Å². The molecule has 35 heavy (non-hydrogen) atoms. The van der Waals surface area contributed by atoms with E-state index in [1.807, 2.05) is 48.7 Å². The molecule has 0 unspecified atom stereocenters. The van der Waals surface area contributed by atoms with Gasteiger partial charge in [-0.25, -0.2) is 4.98 Å². The van der Waals surface area contributed by atoms with Gasteiger partial charge in [-0.15, -0.1) is 0 Å². The van der Waals surface area contributed by atoms with Crippen molar-refractivity contribution in [2.75, 3.05) is 0 Å². The monoisotopic (exact) mass is 498 g/mol.